The van der Waals surface area contributed by atoms with Crippen molar-refractivity contribution in [3.05, 3.63) is 65.2 Å². The standard InChI is InChI=1S/C16H13F2NO3S/c17-11-6-8-15(14(18)9-11)23(21,22)19-16(20)13-7-5-10-3-1-2-4-12(10)13/h1-4,6,8-9,13H,5,7H2,(H,19,20)/t13-/m0/s1. The topological polar surface area (TPSA) is 63.2 Å². The number of carbonyl (C=O) groups excluding carboxylic acids is 1. The number of rotatable bonds is 3. The van der Waals surface area contributed by atoms with Crippen LogP contribution in [0.3, 0.4) is 0 Å². The van der Waals surface area contributed by atoms with E-state index in [1.165, 1.54) is 0 Å². The van der Waals surface area contributed by atoms with Crippen molar-refractivity contribution in [2.75, 3.05) is 0 Å². The lowest BCUT2D eigenvalue weighted by molar-refractivity contribution is -0.120. The molecule has 0 aromatic heterocycles. The van der Waals surface area contributed by atoms with Crippen molar-refractivity contribution in [2.24, 2.45) is 0 Å². The van der Waals surface area contributed by atoms with Crippen LogP contribution in [0.25, 0.3) is 0 Å². The summed E-state index contributed by atoms with van der Waals surface area (Å²) < 4.78 is 52.7. The summed E-state index contributed by atoms with van der Waals surface area (Å²) in [5, 5.41) is 0. The van der Waals surface area contributed by atoms with E-state index in [4.69, 9.17) is 0 Å². The van der Waals surface area contributed by atoms with Crippen LogP contribution in [0.4, 0.5) is 8.78 Å². The number of hydrogen-bond donors (Lipinski definition) is 1. The molecule has 4 nitrogen and oxygen atoms in total. The lowest BCUT2D eigenvalue weighted by Crippen LogP contribution is -2.34. The van der Waals surface area contributed by atoms with Crippen molar-refractivity contribution < 1.29 is 22.0 Å². The average molecular weight is 337 g/mol. The highest BCUT2D eigenvalue weighted by molar-refractivity contribution is 7.90. The summed E-state index contributed by atoms with van der Waals surface area (Å²) >= 11 is 0. The summed E-state index contributed by atoms with van der Waals surface area (Å²) in [6, 6.07) is 9.37. The highest BCUT2D eigenvalue weighted by atomic mass is 32.2. The highest BCUT2D eigenvalue weighted by Crippen LogP contribution is 2.33. The van der Waals surface area contributed by atoms with Crippen molar-refractivity contribution in [2.45, 2.75) is 23.7 Å². The normalized spacial score (nSPS) is 16.9. The summed E-state index contributed by atoms with van der Waals surface area (Å²) in [4.78, 5) is 11.5. The quantitative estimate of drug-likeness (QED) is 0.936. The van der Waals surface area contributed by atoms with Crippen LogP contribution in [0.2, 0.25) is 0 Å². The first-order chi connectivity index (χ1) is 10.9. The fraction of sp³-hybridized carbons (Fsp3) is 0.188. The van der Waals surface area contributed by atoms with Gasteiger partial charge in [-0.2, -0.15) is 0 Å². The molecule has 0 saturated heterocycles. The summed E-state index contributed by atoms with van der Waals surface area (Å²) in [6.45, 7) is 0. The molecule has 0 saturated carbocycles. The van der Waals surface area contributed by atoms with Crippen molar-refractivity contribution in [1.29, 1.82) is 0 Å². The van der Waals surface area contributed by atoms with Gasteiger partial charge in [0.25, 0.3) is 10.0 Å². The monoisotopic (exact) mass is 337 g/mol. The minimum Gasteiger partial charge on any atom is -0.273 e. The van der Waals surface area contributed by atoms with Gasteiger partial charge in [-0.25, -0.2) is 21.9 Å². The number of sulfonamides is 1. The molecule has 1 aliphatic carbocycles. The molecule has 7 heteroatoms. The van der Waals surface area contributed by atoms with Crippen LogP contribution in [0.1, 0.15) is 23.5 Å². The third kappa shape index (κ3) is 2.96. The first kappa shape index (κ1) is 15.6. The molecule has 0 aliphatic heterocycles. The van der Waals surface area contributed by atoms with Gasteiger partial charge in [-0.15, -0.1) is 0 Å². The van der Waals surface area contributed by atoms with Crippen molar-refractivity contribution in [3.8, 4) is 0 Å². The van der Waals surface area contributed by atoms with Crippen LogP contribution < -0.4 is 4.72 Å². The lowest BCUT2D eigenvalue weighted by Gasteiger charge is -2.13. The zero-order chi connectivity index (χ0) is 16.6. The second-order valence-electron chi connectivity index (χ2n) is 5.33. The predicted molar refractivity (Wildman–Crippen MR) is 79.2 cm³/mol. The Morgan fingerprint density at radius 3 is 2.61 bits per heavy atom. The van der Waals surface area contributed by atoms with Crippen LogP contribution in [0.15, 0.2) is 47.4 Å². The van der Waals surface area contributed by atoms with E-state index in [9.17, 15) is 22.0 Å². The van der Waals surface area contributed by atoms with E-state index in [2.05, 4.69) is 0 Å². The zero-order valence-corrected chi connectivity index (χ0v) is 12.7. The fourth-order valence-electron chi connectivity index (χ4n) is 2.78. The van der Waals surface area contributed by atoms with E-state index in [0.29, 0.717) is 18.9 Å². The minimum atomic E-state index is -4.39. The Balaban J connectivity index is 1.85. The molecule has 0 unspecified atom stereocenters. The molecule has 2 aromatic carbocycles. The average Bonchev–Trinajstić information content (AvgIpc) is 2.90. The second-order valence-corrected chi connectivity index (χ2v) is 6.99. The third-order valence-electron chi connectivity index (χ3n) is 3.87. The number of nitrogens with one attached hydrogen (secondary N) is 1. The molecule has 0 bridgehead atoms. The maximum absolute atomic E-state index is 13.6. The molecule has 0 fully saturated rings. The molecule has 0 radical (unpaired) electrons. The van der Waals surface area contributed by atoms with E-state index in [-0.39, 0.29) is 0 Å². The van der Waals surface area contributed by atoms with Crippen molar-refractivity contribution in [1.82, 2.24) is 4.72 Å². The SMILES string of the molecule is O=C(NS(=O)(=O)c1ccc(F)cc1F)[C@H]1CCc2ccccc21. The van der Waals surface area contributed by atoms with Gasteiger partial charge in [0.2, 0.25) is 5.91 Å². The molecule has 1 aliphatic rings. The van der Waals surface area contributed by atoms with Crippen LogP contribution >= 0.6 is 0 Å². The van der Waals surface area contributed by atoms with Crippen LogP contribution in [0, 0.1) is 11.6 Å². The Labute approximate surface area is 132 Å². The lowest BCUT2D eigenvalue weighted by atomic mass is 10.0. The number of amides is 1. The largest absolute Gasteiger partial charge is 0.273 e. The number of aryl methyl sites for hydroxylation is 1. The number of halogens is 2. The zero-order valence-electron chi connectivity index (χ0n) is 11.9. The van der Waals surface area contributed by atoms with Gasteiger partial charge >= 0.3 is 0 Å². The van der Waals surface area contributed by atoms with Gasteiger partial charge in [0.15, 0.2) is 0 Å². The van der Waals surface area contributed by atoms with Crippen LogP contribution in [-0.2, 0) is 21.2 Å². The first-order valence-electron chi connectivity index (χ1n) is 6.98. The minimum absolute atomic E-state index is 0.462. The number of hydrogen-bond acceptors (Lipinski definition) is 3. The smallest absolute Gasteiger partial charge is 0.266 e. The van der Waals surface area contributed by atoms with Gasteiger partial charge in [-0.05, 0) is 36.1 Å². The summed E-state index contributed by atoms with van der Waals surface area (Å²) in [5.41, 5.74) is 1.78. The Kier molecular flexibility index (Phi) is 3.89. The fourth-order valence-corrected chi connectivity index (χ4v) is 3.86. The van der Waals surface area contributed by atoms with Crippen molar-refractivity contribution in [3.63, 3.8) is 0 Å². The van der Waals surface area contributed by atoms with Gasteiger partial charge in [0, 0.05) is 6.07 Å². The van der Waals surface area contributed by atoms with E-state index < -0.39 is 38.4 Å². The molecule has 0 heterocycles. The van der Waals surface area contributed by atoms with E-state index >= 15 is 0 Å². The Morgan fingerprint density at radius 2 is 1.87 bits per heavy atom. The molecule has 1 atom stereocenters. The molecule has 120 valence electrons. The second kappa shape index (κ2) is 5.73. The molecule has 2 aromatic rings. The number of fused-ring (bicyclic) bond motifs is 1. The molecule has 23 heavy (non-hydrogen) atoms. The van der Waals surface area contributed by atoms with Gasteiger partial charge in [-0.1, -0.05) is 24.3 Å². The first-order valence-corrected chi connectivity index (χ1v) is 8.46. The Bertz CT molecular complexity index is 881. The highest BCUT2D eigenvalue weighted by Gasteiger charge is 2.32. The van der Waals surface area contributed by atoms with Gasteiger partial charge in [-0.3, -0.25) is 4.79 Å². The molecule has 0 spiro atoms. The molecule has 3 rings (SSSR count). The molecular weight excluding hydrogens is 324 g/mol. The molecule has 1 amide bonds. The maximum atomic E-state index is 13.6. The Morgan fingerprint density at radius 1 is 1.13 bits per heavy atom. The molecule has 1 N–H and O–H groups in total. The number of benzene rings is 2. The van der Waals surface area contributed by atoms with Gasteiger partial charge in [0.1, 0.15) is 16.5 Å². The third-order valence-corrected chi connectivity index (χ3v) is 5.25. The van der Waals surface area contributed by atoms with Crippen LogP contribution in [-0.4, -0.2) is 14.3 Å². The predicted octanol–water partition coefficient (Wildman–Crippen LogP) is 2.50. The molecular formula is C16H13F2NO3S. The maximum Gasteiger partial charge on any atom is 0.266 e. The van der Waals surface area contributed by atoms with Gasteiger partial charge < -0.3 is 0 Å². The Hall–Kier alpha value is -2.28. The van der Waals surface area contributed by atoms with Crippen molar-refractivity contribution >= 4 is 15.9 Å². The van der Waals surface area contributed by atoms with Gasteiger partial charge in [0.05, 0.1) is 5.92 Å². The van der Waals surface area contributed by atoms with E-state index in [1.807, 2.05) is 16.9 Å². The van der Waals surface area contributed by atoms with Crippen LogP contribution in [0.5, 0.6) is 0 Å². The summed E-state index contributed by atoms with van der Waals surface area (Å²) in [7, 11) is -4.39. The van der Waals surface area contributed by atoms with E-state index in [1.54, 1.807) is 12.1 Å². The summed E-state index contributed by atoms with van der Waals surface area (Å²) in [6.07, 6.45) is 1.17. The number of carbonyl (C=O) groups is 1. The summed E-state index contributed by atoms with van der Waals surface area (Å²) in [5.74, 6) is -3.43. The van der Waals surface area contributed by atoms with E-state index in [0.717, 1.165) is 23.3 Å².